The van der Waals surface area contributed by atoms with Crippen molar-refractivity contribution in [3.05, 3.63) is 36.5 Å². The molecule has 3 rings (SSSR count). The van der Waals surface area contributed by atoms with E-state index in [1.54, 1.807) is 12.3 Å². The molecule has 0 saturated heterocycles. The minimum absolute atomic E-state index is 0.226. The van der Waals surface area contributed by atoms with E-state index in [1.807, 2.05) is 24.3 Å². The highest BCUT2D eigenvalue weighted by Crippen LogP contribution is 2.39. The molecule has 1 aromatic heterocycles. The first-order chi connectivity index (χ1) is 9.15. The van der Waals surface area contributed by atoms with Gasteiger partial charge in [0.25, 0.3) is 0 Å². The second-order valence-electron chi connectivity index (χ2n) is 4.69. The molecule has 2 N–H and O–H groups in total. The standard InChI is InChI=1S/C14H12N2O3/c17-13(10-7-11(10)14(18)19)16-9-3-4-12-8(6-9)2-1-5-15-12/h1-6,10-11H,7H2,(H,16,17)(H,18,19)/t10-,11+/m0/s1. The van der Waals surface area contributed by atoms with Crippen LogP contribution in [0.2, 0.25) is 0 Å². The molecule has 5 heteroatoms. The van der Waals surface area contributed by atoms with Gasteiger partial charge in [-0.25, -0.2) is 0 Å². The van der Waals surface area contributed by atoms with E-state index < -0.39 is 17.8 Å². The van der Waals surface area contributed by atoms with Crippen LogP contribution in [0.1, 0.15) is 6.42 Å². The molecule has 0 radical (unpaired) electrons. The lowest BCUT2D eigenvalue weighted by molar-refractivity contribution is -0.139. The number of pyridine rings is 1. The summed E-state index contributed by atoms with van der Waals surface area (Å²) in [5.74, 6) is -2.05. The van der Waals surface area contributed by atoms with Crippen molar-refractivity contribution in [3.63, 3.8) is 0 Å². The lowest BCUT2D eigenvalue weighted by atomic mass is 10.2. The highest BCUT2D eigenvalue weighted by Gasteiger charge is 2.48. The molecule has 1 fully saturated rings. The lowest BCUT2D eigenvalue weighted by Crippen LogP contribution is -2.16. The number of hydrogen-bond acceptors (Lipinski definition) is 3. The van der Waals surface area contributed by atoms with Gasteiger partial charge < -0.3 is 10.4 Å². The number of rotatable bonds is 3. The van der Waals surface area contributed by atoms with Gasteiger partial charge in [-0.1, -0.05) is 6.07 Å². The maximum Gasteiger partial charge on any atom is 0.307 e. The number of nitrogens with one attached hydrogen (secondary N) is 1. The zero-order valence-electron chi connectivity index (χ0n) is 10.0. The van der Waals surface area contributed by atoms with Crippen molar-refractivity contribution < 1.29 is 14.7 Å². The summed E-state index contributed by atoms with van der Waals surface area (Å²) in [4.78, 5) is 26.7. The summed E-state index contributed by atoms with van der Waals surface area (Å²) in [7, 11) is 0. The first kappa shape index (κ1) is 11.6. The van der Waals surface area contributed by atoms with Crippen molar-refractivity contribution in [1.82, 2.24) is 4.98 Å². The van der Waals surface area contributed by atoms with E-state index in [4.69, 9.17) is 5.11 Å². The fourth-order valence-electron chi connectivity index (χ4n) is 2.15. The zero-order chi connectivity index (χ0) is 13.4. The molecular weight excluding hydrogens is 244 g/mol. The van der Waals surface area contributed by atoms with Crippen LogP contribution in [0.15, 0.2) is 36.5 Å². The van der Waals surface area contributed by atoms with Gasteiger partial charge in [-0.05, 0) is 30.7 Å². The van der Waals surface area contributed by atoms with Gasteiger partial charge in [0, 0.05) is 17.3 Å². The van der Waals surface area contributed by atoms with Gasteiger partial charge in [0.15, 0.2) is 0 Å². The first-order valence-electron chi connectivity index (χ1n) is 6.03. The number of amides is 1. The van der Waals surface area contributed by atoms with E-state index in [2.05, 4.69) is 10.3 Å². The highest BCUT2D eigenvalue weighted by molar-refractivity contribution is 5.99. The summed E-state index contributed by atoms with van der Waals surface area (Å²) >= 11 is 0. The Bertz CT molecular complexity index is 669. The second kappa shape index (κ2) is 4.35. The Labute approximate surface area is 109 Å². The van der Waals surface area contributed by atoms with Crippen LogP contribution in [-0.4, -0.2) is 22.0 Å². The third-order valence-corrected chi connectivity index (χ3v) is 3.31. The smallest absolute Gasteiger partial charge is 0.307 e. The van der Waals surface area contributed by atoms with Crippen LogP contribution in [-0.2, 0) is 9.59 Å². The van der Waals surface area contributed by atoms with Gasteiger partial charge in [0.1, 0.15) is 0 Å². The number of carboxylic acids is 1. The van der Waals surface area contributed by atoms with Crippen molar-refractivity contribution in [3.8, 4) is 0 Å². The van der Waals surface area contributed by atoms with Crippen molar-refractivity contribution in [2.45, 2.75) is 6.42 Å². The molecule has 1 aromatic carbocycles. The Morgan fingerprint density at radius 3 is 2.84 bits per heavy atom. The summed E-state index contributed by atoms with van der Waals surface area (Å²) < 4.78 is 0. The van der Waals surface area contributed by atoms with Crippen molar-refractivity contribution in [1.29, 1.82) is 0 Å². The number of nitrogens with zero attached hydrogens (tertiary/aromatic N) is 1. The number of fused-ring (bicyclic) bond motifs is 1. The van der Waals surface area contributed by atoms with Crippen LogP contribution in [0.25, 0.3) is 10.9 Å². The van der Waals surface area contributed by atoms with Gasteiger partial charge in [0.2, 0.25) is 5.91 Å². The van der Waals surface area contributed by atoms with Crippen LogP contribution in [0.5, 0.6) is 0 Å². The fourth-order valence-corrected chi connectivity index (χ4v) is 2.15. The molecule has 1 aliphatic rings. The Morgan fingerprint density at radius 2 is 2.11 bits per heavy atom. The SMILES string of the molecule is O=C(Nc1ccc2ncccc2c1)[C@H]1C[C@H]1C(=O)O. The number of carbonyl (C=O) groups is 2. The van der Waals surface area contributed by atoms with Crippen LogP contribution in [0.3, 0.4) is 0 Å². The monoisotopic (exact) mass is 256 g/mol. The number of carbonyl (C=O) groups excluding carboxylic acids is 1. The van der Waals surface area contributed by atoms with Gasteiger partial charge in [-0.15, -0.1) is 0 Å². The number of aliphatic carboxylic acids is 1. The van der Waals surface area contributed by atoms with Crippen LogP contribution in [0.4, 0.5) is 5.69 Å². The predicted molar refractivity (Wildman–Crippen MR) is 69.6 cm³/mol. The Kier molecular flexibility index (Phi) is 2.67. The average Bonchev–Trinajstić information content (AvgIpc) is 3.19. The van der Waals surface area contributed by atoms with Gasteiger partial charge in [-0.3, -0.25) is 14.6 Å². The molecule has 2 atom stereocenters. The van der Waals surface area contributed by atoms with E-state index in [-0.39, 0.29) is 5.91 Å². The number of hydrogen-bond donors (Lipinski definition) is 2. The topological polar surface area (TPSA) is 79.3 Å². The highest BCUT2D eigenvalue weighted by atomic mass is 16.4. The summed E-state index contributed by atoms with van der Waals surface area (Å²) in [6.45, 7) is 0. The molecular formula is C14H12N2O3. The third kappa shape index (κ3) is 2.27. The molecule has 0 spiro atoms. The summed E-state index contributed by atoms with van der Waals surface area (Å²) in [6.07, 6.45) is 2.14. The van der Waals surface area contributed by atoms with Crippen molar-refractivity contribution >= 4 is 28.5 Å². The zero-order valence-corrected chi connectivity index (χ0v) is 10.0. The first-order valence-corrected chi connectivity index (χ1v) is 6.03. The quantitative estimate of drug-likeness (QED) is 0.879. The molecule has 19 heavy (non-hydrogen) atoms. The Hall–Kier alpha value is -2.43. The number of anilines is 1. The molecule has 0 aliphatic heterocycles. The number of aromatic nitrogens is 1. The summed E-state index contributed by atoms with van der Waals surface area (Å²) in [5.41, 5.74) is 1.52. The van der Waals surface area contributed by atoms with Crippen molar-refractivity contribution in [2.24, 2.45) is 11.8 Å². The average molecular weight is 256 g/mol. The van der Waals surface area contributed by atoms with E-state index in [0.29, 0.717) is 12.1 Å². The van der Waals surface area contributed by atoms with Crippen LogP contribution < -0.4 is 5.32 Å². The molecule has 1 amide bonds. The Balaban J connectivity index is 1.75. The summed E-state index contributed by atoms with van der Waals surface area (Å²) in [6, 6.07) is 9.17. The molecule has 0 bridgehead atoms. The molecule has 1 aliphatic carbocycles. The molecule has 5 nitrogen and oxygen atoms in total. The fraction of sp³-hybridized carbons (Fsp3) is 0.214. The second-order valence-corrected chi connectivity index (χ2v) is 4.69. The third-order valence-electron chi connectivity index (χ3n) is 3.31. The predicted octanol–water partition coefficient (Wildman–Crippen LogP) is 1.89. The largest absolute Gasteiger partial charge is 0.481 e. The van der Waals surface area contributed by atoms with E-state index in [1.165, 1.54) is 0 Å². The normalized spacial score (nSPS) is 21.1. The lowest BCUT2D eigenvalue weighted by Gasteiger charge is -2.05. The molecule has 2 aromatic rings. The van der Waals surface area contributed by atoms with Gasteiger partial charge in [-0.2, -0.15) is 0 Å². The van der Waals surface area contributed by atoms with Gasteiger partial charge in [0.05, 0.1) is 17.4 Å². The van der Waals surface area contributed by atoms with E-state index in [9.17, 15) is 9.59 Å². The van der Waals surface area contributed by atoms with Crippen LogP contribution in [0, 0.1) is 11.8 Å². The molecule has 0 unspecified atom stereocenters. The minimum Gasteiger partial charge on any atom is -0.481 e. The minimum atomic E-state index is -0.900. The van der Waals surface area contributed by atoms with E-state index in [0.717, 1.165) is 10.9 Å². The maximum atomic E-state index is 11.8. The summed E-state index contributed by atoms with van der Waals surface area (Å²) in [5, 5.41) is 12.5. The van der Waals surface area contributed by atoms with E-state index >= 15 is 0 Å². The molecule has 96 valence electrons. The maximum absolute atomic E-state index is 11.8. The van der Waals surface area contributed by atoms with Crippen molar-refractivity contribution in [2.75, 3.05) is 5.32 Å². The number of benzene rings is 1. The molecule has 1 heterocycles. The molecule has 1 saturated carbocycles. The van der Waals surface area contributed by atoms with Gasteiger partial charge >= 0.3 is 5.97 Å². The van der Waals surface area contributed by atoms with Crippen LogP contribution >= 0.6 is 0 Å². The Morgan fingerprint density at radius 1 is 1.26 bits per heavy atom. The number of carboxylic acid groups (broad SMARTS) is 1.